The van der Waals surface area contributed by atoms with Crippen LogP contribution in [0.1, 0.15) is 32.1 Å². The first-order valence-corrected chi connectivity index (χ1v) is 5.93. The van der Waals surface area contributed by atoms with Gasteiger partial charge in [-0.2, -0.15) is 0 Å². The van der Waals surface area contributed by atoms with Gasteiger partial charge >= 0.3 is 0 Å². The maximum absolute atomic E-state index is 3.72. The fraction of sp³-hybridized carbons (Fsp3) is 1.00. The average molecular weight is 280 g/mol. The summed E-state index contributed by atoms with van der Waals surface area (Å²) in [4.78, 5) is 0. The molecule has 1 unspecified atom stereocenters. The van der Waals surface area contributed by atoms with Gasteiger partial charge in [-0.25, -0.2) is 3.11 Å². The van der Waals surface area contributed by atoms with Crippen LogP contribution >= 0.6 is 22.9 Å². The highest BCUT2D eigenvalue weighted by atomic mass is 127. The van der Waals surface area contributed by atoms with Crippen molar-refractivity contribution in [2.45, 2.75) is 37.6 Å². The third-order valence-electron chi connectivity index (χ3n) is 3.11. The standard InChI is InChI=1S/C9H17IN2/c10-12-7-3-5-9(8-12)4-1-2-6-11-9/h11H,1-8H2. The van der Waals surface area contributed by atoms with E-state index in [-0.39, 0.29) is 0 Å². The van der Waals surface area contributed by atoms with E-state index in [1.165, 1.54) is 51.7 Å². The molecule has 2 saturated heterocycles. The normalized spacial score (nSPS) is 38.8. The number of hydrogen-bond acceptors (Lipinski definition) is 2. The Kier molecular flexibility index (Phi) is 2.92. The van der Waals surface area contributed by atoms with Gasteiger partial charge < -0.3 is 5.32 Å². The number of nitrogens with one attached hydrogen (secondary N) is 1. The van der Waals surface area contributed by atoms with E-state index in [1.807, 2.05) is 0 Å². The van der Waals surface area contributed by atoms with Gasteiger partial charge in [-0.05, 0) is 32.2 Å². The van der Waals surface area contributed by atoms with Crippen molar-refractivity contribution < 1.29 is 0 Å². The minimum absolute atomic E-state index is 0.498. The Morgan fingerprint density at radius 3 is 2.67 bits per heavy atom. The molecule has 3 heteroatoms. The third kappa shape index (κ3) is 1.93. The molecule has 1 N–H and O–H groups in total. The van der Waals surface area contributed by atoms with Crippen LogP contribution in [-0.2, 0) is 0 Å². The van der Waals surface area contributed by atoms with Gasteiger partial charge in [-0.3, -0.25) is 0 Å². The Bertz CT molecular complexity index is 149. The topological polar surface area (TPSA) is 15.3 Å². The summed E-state index contributed by atoms with van der Waals surface area (Å²) in [6.45, 7) is 3.78. The number of rotatable bonds is 0. The van der Waals surface area contributed by atoms with E-state index in [1.54, 1.807) is 0 Å². The van der Waals surface area contributed by atoms with Gasteiger partial charge in [0.05, 0.1) is 0 Å². The SMILES string of the molecule is IN1CCCC2(CCCCN2)C1. The lowest BCUT2D eigenvalue weighted by atomic mass is 9.83. The van der Waals surface area contributed by atoms with Gasteiger partial charge in [0.25, 0.3) is 0 Å². The predicted octanol–water partition coefficient (Wildman–Crippen LogP) is 1.94. The Balaban J connectivity index is 1.97. The van der Waals surface area contributed by atoms with Crippen molar-refractivity contribution in [2.75, 3.05) is 19.6 Å². The second kappa shape index (κ2) is 3.80. The van der Waals surface area contributed by atoms with Crippen LogP contribution in [0.5, 0.6) is 0 Å². The Labute approximate surface area is 88.6 Å². The second-order valence-electron chi connectivity index (χ2n) is 4.11. The van der Waals surface area contributed by atoms with Gasteiger partial charge in [0, 0.05) is 41.5 Å². The summed E-state index contributed by atoms with van der Waals surface area (Å²) in [5.74, 6) is 0. The summed E-state index contributed by atoms with van der Waals surface area (Å²) in [6, 6.07) is 0. The summed E-state index contributed by atoms with van der Waals surface area (Å²) in [6.07, 6.45) is 6.97. The molecule has 2 aliphatic rings. The molecule has 2 nitrogen and oxygen atoms in total. The highest BCUT2D eigenvalue weighted by molar-refractivity contribution is 14.1. The highest BCUT2D eigenvalue weighted by Gasteiger charge is 2.35. The molecule has 2 heterocycles. The molecule has 70 valence electrons. The quantitative estimate of drug-likeness (QED) is 0.539. The lowest BCUT2D eigenvalue weighted by Gasteiger charge is -2.44. The van der Waals surface area contributed by atoms with E-state index < -0.39 is 0 Å². The van der Waals surface area contributed by atoms with Gasteiger partial charge in [0.1, 0.15) is 0 Å². The molecule has 0 aromatic carbocycles. The molecule has 0 radical (unpaired) electrons. The van der Waals surface area contributed by atoms with Crippen molar-refractivity contribution in [1.29, 1.82) is 0 Å². The molecule has 1 atom stereocenters. The van der Waals surface area contributed by atoms with Gasteiger partial charge in [0.15, 0.2) is 0 Å². The average Bonchev–Trinajstić information content (AvgIpc) is 2.05. The second-order valence-corrected chi connectivity index (χ2v) is 5.48. The van der Waals surface area contributed by atoms with Crippen molar-refractivity contribution in [2.24, 2.45) is 0 Å². The number of piperidine rings is 2. The predicted molar refractivity (Wildman–Crippen MR) is 59.4 cm³/mol. The van der Waals surface area contributed by atoms with Crippen LogP contribution < -0.4 is 5.32 Å². The highest BCUT2D eigenvalue weighted by Crippen LogP contribution is 2.30. The lowest BCUT2D eigenvalue weighted by molar-refractivity contribution is 0.166. The fourth-order valence-corrected chi connectivity index (χ4v) is 3.45. The monoisotopic (exact) mass is 280 g/mol. The van der Waals surface area contributed by atoms with E-state index in [0.717, 1.165) is 0 Å². The van der Waals surface area contributed by atoms with Crippen molar-refractivity contribution in [3.8, 4) is 0 Å². The molecule has 0 amide bonds. The Morgan fingerprint density at radius 2 is 2.00 bits per heavy atom. The van der Waals surface area contributed by atoms with Crippen LogP contribution in [-0.4, -0.2) is 28.3 Å². The molecule has 2 rings (SSSR count). The molecule has 0 saturated carbocycles. The molecule has 0 aromatic heterocycles. The van der Waals surface area contributed by atoms with Crippen LogP contribution in [0.4, 0.5) is 0 Å². The molecule has 0 aromatic rings. The first-order valence-electron chi connectivity index (χ1n) is 4.97. The van der Waals surface area contributed by atoms with E-state index in [2.05, 4.69) is 31.3 Å². The van der Waals surface area contributed by atoms with Crippen molar-refractivity contribution in [3.63, 3.8) is 0 Å². The van der Waals surface area contributed by atoms with Gasteiger partial charge in [-0.1, -0.05) is 6.42 Å². The molecule has 0 aliphatic carbocycles. The first kappa shape index (κ1) is 9.21. The molecular weight excluding hydrogens is 263 g/mol. The zero-order chi connectivity index (χ0) is 8.44. The van der Waals surface area contributed by atoms with Crippen LogP contribution in [0.3, 0.4) is 0 Å². The van der Waals surface area contributed by atoms with E-state index in [4.69, 9.17) is 0 Å². The Morgan fingerprint density at radius 1 is 1.17 bits per heavy atom. The van der Waals surface area contributed by atoms with E-state index in [9.17, 15) is 0 Å². The van der Waals surface area contributed by atoms with Gasteiger partial charge in [-0.15, -0.1) is 0 Å². The minimum atomic E-state index is 0.498. The van der Waals surface area contributed by atoms with Crippen molar-refractivity contribution >= 4 is 22.9 Å². The van der Waals surface area contributed by atoms with Crippen molar-refractivity contribution in [1.82, 2.24) is 8.43 Å². The fourth-order valence-electron chi connectivity index (χ4n) is 2.45. The molecule has 1 spiro atoms. The molecular formula is C9H17IN2. The zero-order valence-corrected chi connectivity index (χ0v) is 9.64. The molecule has 12 heavy (non-hydrogen) atoms. The van der Waals surface area contributed by atoms with E-state index >= 15 is 0 Å². The first-order chi connectivity index (χ1) is 5.81. The summed E-state index contributed by atoms with van der Waals surface area (Å²) in [7, 11) is 0. The largest absolute Gasteiger partial charge is 0.310 e. The number of nitrogens with zero attached hydrogens (tertiary/aromatic N) is 1. The molecule has 2 fully saturated rings. The van der Waals surface area contributed by atoms with Crippen molar-refractivity contribution in [3.05, 3.63) is 0 Å². The maximum atomic E-state index is 3.72. The van der Waals surface area contributed by atoms with Crippen LogP contribution in [0, 0.1) is 0 Å². The summed E-state index contributed by atoms with van der Waals surface area (Å²) < 4.78 is 2.44. The van der Waals surface area contributed by atoms with E-state index in [0.29, 0.717) is 5.54 Å². The molecule has 2 aliphatic heterocycles. The summed E-state index contributed by atoms with van der Waals surface area (Å²) in [5, 5.41) is 3.72. The number of hydrogen-bond donors (Lipinski definition) is 1. The third-order valence-corrected chi connectivity index (χ3v) is 3.94. The van der Waals surface area contributed by atoms with Crippen LogP contribution in [0.2, 0.25) is 0 Å². The zero-order valence-electron chi connectivity index (χ0n) is 7.48. The molecule has 0 bridgehead atoms. The summed E-state index contributed by atoms with van der Waals surface area (Å²) in [5.41, 5.74) is 0.498. The maximum Gasteiger partial charge on any atom is 0.0317 e. The van der Waals surface area contributed by atoms with Gasteiger partial charge in [0.2, 0.25) is 0 Å². The minimum Gasteiger partial charge on any atom is -0.310 e. The lowest BCUT2D eigenvalue weighted by Crippen LogP contribution is -2.56. The summed E-state index contributed by atoms with van der Waals surface area (Å²) >= 11 is 2.46. The smallest absolute Gasteiger partial charge is 0.0317 e. The Hall–Kier alpha value is 0.650. The van der Waals surface area contributed by atoms with Crippen LogP contribution in [0.25, 0.3) is 0 Å². The van der Waals surface area contributed by atoms with Crippen LogP contribution in [0.15, 0.2) is 0 Å². The number of halogens is 1.